The van der Waals surface area contributed by atoms with Crippen molar-refractivity contribution in [2.45, 2.75) is 26.7 Å². The van der Waals surface area contributed by atoms with Crippen LogP contribution in [0.5, 0.6) is 11.6 Å². The van der Waals surface area contributed by atoms with Gasteiger partial charge in [-0.3, -0.25) is 0 Å². The summed E-state index contributed by atoms with van der Waals surface area (Å²) in [6, 6.07) is 3.82. The lowest BCUT2D eigenvalue weighted by molar-refractivity contribution is 0.427. The van der Waals surface area contributed by atoms with E-state index in [9.17, 15) is 0 Å². The first-order valence-electron chi connectivity index (χ1n) is 5.97. The molecule has 0 bridgehead atoms. The van der Waals surface area contributed by atoms with Crippen molar-refractivity contribution >= 4 is 23.2 Å². The van der Waals surface area contributed by atoms with Gasteiger partial charge in [0.15, 0.2) is 0 Å². The molecule has 0 aliphatic carbocycles. The molecule has 0 saturated carbocycles. The number of benzene rings is 1. The molecule has 0 unspecified atom stereocenters. The molecule has 0 radical (unpaired) electrons. The largest absolute Gasteiger partial charge is 0.439 e. The quantitative estimate of drug-likeness (QED) is 0.779. The van der Waals surface area contributed by atoms with Crippen molar-refractivity contribution in [1.82, 2.24) is 9.78 Å². The zero-order chi connectivity index (χ0) is 14.2. The molecule has 5 heteroatoms. The molecule has 0 aliphatic rings. The second-order valence-electron chi connectivity index (χ2n) is 4.60. The van der Waals surface area contributed by atoms with Gasteiger partial charge in [0, 0.05) is 12.1 Å². The van der Waals surface area contributed by atoms with Crippen molar-refractivity contribution in [1.29, 1.82) is 0 Å². The molecule has 3 nitrogen and oxygen atoms in total. The fourth-order valence-electron chi connectivity index (χ4n) is 2.04. The van der Waals surface area contributed by atoms with Gasteiger partial charge in [0.05, 0.1) is 17.1 Å². The summed E-state index contributed by atoms with van der Waals surface area (Å²) >= 11 is 12.1. The Morgan fingerprint density at radius 3 is 2.32 bits per heavy atom. The van der Waals surface area contributed by atoms with Crippen molar-refractivity contribution in [2.24, 2.45) is 7.05 Å². The second kappa shape index (κ2) is 5.43. The Labute approximate surface area is 123 Å². The molecule has 2 rings (SSSR count). The van der Waals surface area contributed by atoms with Gasteiger partial charge in [0.2, 0.25) is 5.88 Å². The first kappa shape index (κ1) is 14.2. The van der Waals surface area contributed by atoms with Crippen LogP contribution in [0.3, 0.4) is 0 Å². The molecule has 0 fully saturated rings. The minimum atomic E-state index is 0.376. The average Bonchev–Trinajstić information content (AvgIpc) is 2.60. The molecule has 0 saturated heterocycles. The lowest BCUT2D eigenvalue weighted by atomic mass is 10.1. The van der Waals surface area contributed by atoms with Gasteiger partial charge in [0.25, 0.3) is 0 Å². The van der Waals surface area contributed by atoms with E-state index >= 15 is 0 Å². The average molecular weight is 299 g/mol. The van der Waals surface area contributed by atoms with Gasteiger partial charge in [-0.15, -0.1) is 11.6 Å². The van der Waals surface area contributed by atoms with Gasteiger partial charge in [0.1, 0.15) is 5.75 Å². The summed E-state index contributed by atoms with van der Waals surface area (Å²) in [5, 5.41) is 5.09. The van der Waals surface area contributed by atoms with E-state index in [2.05, 4.69) is 5.10 Å². The van der Waals surface area contributed by atoms with E-state index in [1.165, 1.54) is 0 Å². The van der Waals surface area contributed by atoms with Crippen LogP contribution in [0.1, 0.15) is 22.4 Å². The van der Waals surface area contributed by atoms with Crippen molar-refractivity contribution in [3.8, 4) is 11.6 Å². The fraction of sp³-hybridized carbons (Fsp3) is 0.357. The van der Waals surface area contributed by atoms with Crippen molar-refractivity contribution in [2.75, 3.05) is 0 Å². The Hall–Kier alpha value is -1.19. The molecule has 19 heavy (non-hydrogen) atoms. The molecule has 0 atom stereocenters. The third kappa shape index (κ3) is 2.72. The van der Waals surface area contributed by atoms with Crippen LogP contribution in [0.25, 0.3) is 0 Å². The minimum absolute atomic E-state index is 0.376. The SMILES string of the molecule is Cc1cc(Oc2c(CCl)c(C)nn2C)cc(C)c1Cl. The lowest BCUT2D eigenvalue weighted by Gasteiger charge is -2.10. The molecule has 2 aromatic rings. The highest BCUT2D eigenvalue weighted by molar-refractivity contribution is 6.32. The Bertz CT molecular complexity index is 597. The van der Waals surface area contributed by atoms with Gasteiger partial charge < -0.3 is 4.74 Å². The lowest BCUT2D eigenvalue weighted by Crippen LogP contribution is -1.97. The van der Waals surface area contributed by atoms with E-state index in [1.807, 2.05) is 40.0 Å². The molecule has 1 heterocycles. The Morgan fingerprint density at radius 2 is 1.79 bits per heavy atom. The van der Waals surface area contributed by atoms with Crippen LogP contribution >= 0.6 is 23.2 Å². The zero-order valence-electron chi connectivity index (χ0n) is 11.4. The Kier molecular flexibility index (Phi) is 4.07. The maximum Gasteiger partial charge on any atom is 0.222 e. The van der Waals surface area contributed by atoms with E-state index in [0.29, 0.717) is 11.8 Å². The van der Waals surface area contributed by atoms with Crippen LogP contribution in [0, 0.1) is 20.8 Å². The maximum atomic E-state index is 6.15. The maximum absolute atomic E-state index is 6.15. The summed E-state index contributed by atoms with van der Waals surface area (Å²) in [5.74, 6) is 1.79. The number of hydrogen-bond donors (Lipinski definition) is 0. The number of aromatic nitrogens is 2. The van der Waals surface area contributed by atoms with Gasteiger partial charge in [-0.25, -0.2) is 4.68 Å². The predicted octanol–water partition coefficient (Wildman–Crippen LogP) is 4.53. The van der Waals surface area contributed by atoms with Crippen LogP contribution < -0.4 is 4.74 Å². The second-order valence-corrected chi connectivity index (χ2v) is 5.24. The fourth-order valence-corrected chi connectivity index (χ4v) is 2.46. The van der Waals surface area contributed by atoms with Crippen LogP contribution in [0.2, 0.25) is 5.02 Å². The summed E-state index contributed by atoms with van der Waals surface area (Å²) in [4.78, 5) is 0. The van der Waals surface area contributed by atoms with Crippen LogP contribution in [0.15, 0.2) is 12.1 Å². The highest BCUT2D eigenvalue weighted by atomic mass is 35.5. The van der Waals surface area contributed by atoms with Crippen molar-refractivity contribution in [3.05, 3.63) is 39.5 Å². The minimum Gasteiger partial charge on any atom is -0.439 e. The Balaban J connectivity index is 2.42. The molecule has 0 N–H and O–H groups in total. The molecule has 0 spiro atoms. The standard InChI is InChI=1S/C14H16Cl2N2O/c1-8-5-11(6-9(2)13(8)16)19-14-12(7-15)10(3)17-18(14)4/h5-6H,7H2,1-4H3. The van der Waals surface area contributed by atoms with Gasteiger partial charge in [-0.1, -0.05) is 11.6 Å². The molecular formula is C14H16Cl2N2O. The number of nitrogens with zero attached hydrogens (tertiary/aromatic N) is 2. The number of rotatable bonds is 3. The summed E-state index contributed by atoms with van der Waals surface area (Å²) < 4.78 is 7.63. The first-order chi connectivity index (χ1) is 8.93. The predicted molar refractivity (Wildman–Crippen MR) is 78.5 cm³/mol. The smallest absolute Gasteiger partial charge is 0.222 e. The van der Waals surface area contributed by atoms with Crippen molar-refractivity contribution < 1.29 is 4.74 Å². The van der Waals surface area contributed by atoms with Gasteiger partial charge in [-0.05, 0) is 44.0 Å². The number of halogens is 2. The molecule has 0 aliphatic heterocycles. The van der Waals surface area contributed by atoms with Crippen molar-refractivity contribution in [3.63, 3.8) is 0 Å². The molecular weight excluding hydrogens is 283 g/mol. The number of ether oxygens (including phenoxy) is 1. The van der Waals surface area contributed by atoms with Crippen LogP contribution in [0.4, 0.5) is 0 Å². The molecule has 0 amide bonds. The third-order valence-electron chi connectivity index (χ3n) is 3.05. The van der Waals surface area contributed by atoms with E-state index in [1.54, 1.807) is 4.68 Å². The number of hydrogen-bond acceptors (Lipinski definition) is 2. The van der Waals surface area contributed by atoms with Gasteiger partial charge >= 0.3 is 0 Å². The topological polar surface area (TPSA) is 27.1 Å². The van der Waals surface area contributed by atoms with Crippen LogP contribution in [-0.2, 0) is 12.9 Å². The third-order valence-corrected chi connectivity index (χ3v) is 3.91. The highest BCUT2D eigenvalue weighted by Gasteiger charge is 2.15. The normalized spacial score (nSPS) is 10.8. The first-order valence-corrected chi connectivity index (χ1v) is 6.88. The molecule has 1 aromatic heterocycles. The van der Waals surface area contributed by atoms with E-state index in [-0.39, 0.29) is 0 Å². The number of aryl methyl sites for hydroxylation is 4. The summed E-state index contributed by atoms with van der Waals surface area (Å²) in [6.45, 7) is 5.83. The number of alkyl halides is 1. The van der Waals surface area contributed by atoms with Gasteiger partial charge in [-0.2, -0.15) is 5.10 Å². The highest BCUT2D eigenvalue weighted by Crippen LogP contribution is 2.32. The summed E-state index contributed by atoms with van der Waals surface area (Å²) in [7, 11) is 1.84. The van der Waals surface area contributed by atoms with E-state index < -0.39 is 0 Å². The summed E-state index contributed by atoms with van der Waals surface area (Å²) in [5.41, 5.74) is 3.77. The van der Waals surface area contributed by atoms with Crippen LogP contribution in [-0.4, -0.2) is 9.78 Å². The Morgan fingerprint density at radius 1 is 1.21 bits per heavy atom. The zero-order valence-corrected chi connectivity index (χ0v) is 12.9. The van der Waals surface area contributed by atoms with E-state index in [4.69, 9.17) is 27.9 Å². The monoisotopic (exact) mass is 298 g/mol. The summed E-state index contributed by atoms with van der Waals surface area (Å²) in [6.07, 6.45) is 0. The van der Waals surface area contributed by atoms with E-state index in [0.717, 1.165) is 33.2 Å². The molecule has 102 valence electrons. The molecule has 1 aromatic carbocycles.